The Morgan fingerprint density at radius 2 is 2.12 bits per heavy atom. The SMILES string of the molecule is CCCN(C)C(=O)c1cc(Cl)cc(C)c1NC. The maximum Gasteiger partial charge on any atom is 0.255 e. The lowest BCUT2D eigenvalue weighted by atomic mass is 10.1. The van der Waals surface area contributed by atoms with E-state index in [0.29, 0.717) is 10.6 Å². The van der Waals surface area contributed by atoms with E-state index in [1.165, 1.54) is 0 Å². The van der Waals surface area contributed by atoms with Crippen LogP contribution in [0.2, 0.25) is 5.02 Å². The summed E-state index contributed by atoms with van der Waals surface area (Å²) in [6, 6.07) is 3.57. The van der Waals surface area contributed by atoms with Gasteiger partial charge in [0.15, 0.2) is 0 Å². The number of benzene rings is 1. The highest BCUT2D eigenvalue weighted by Crippen LogP contribution is 2.26. The van der Waals surface area contributed by atoms with Crippen LogP contribution in [0.4, 0.5) is 5.69 Å². The van der Waals surface area contributed by atoms with E-state index in [2.05, 4.69) is 5.32 Å². The molecule has 4 heteroatoms. The standard InChI is InChI=1S/C13H19ClN2O/c1-5-6-16(4)13(17)11-8-10(14)7-9(2)12(11)15-3/h7-8,15H,5-6H2,1-4H3. The Morgan fingerprint density at radius 1 is 1.47 bits per heavy atom. The van der Waals surface area contributed by atoms with Crippen molar-refractivity contribution >= 4 is 23.2 Å². The van der Waals surface area contributed by atoms with Gasteiger partial charge in [-0.15, -0.1) is 0 Å². The fourth-order valence-corrected chi connectivity index (χ4v) is 2.16. The van der Waals surface area contributed by atoms with Crippen LogP contribution in [0, 0.1) is 6.92 Å². The van der Waals surface area contributed by atoms with Gasteiger partial charge in [-0.1, -0.05) is 18.5 Å². The molecule has 0 aliphatic heterocycles. The molecule has 0 atom stereocenters. The zero-order valence-corrected chi connectivity index (χ0v) is 11.6. The van der Waals surface area contributed by atoms with Gasteiger partial charge in [-0.3, -0.25) is 4.79 Å². The average Bonchev–Trinajstić information content (AvgIpc) is 2.27. The van der Waals surface area contributed by atoms with E-state index in [9.17, 15) is 4.79 Å². The highest BCUT2D eigenvalue weighted by atomic mass is 35.5. The number of aryl methyl sites for hydroxylation is 1. The predicted molar refractivity (Wildman–Crippen MR) is 73.0 cm³/mol. The van der Waals surface area contributed by atoms with Crippen LogP contribution in [-0.4, -0.2) is 31.4 Å². The van der Waals surface area contributed by atoms with Crippen LogP contribution in [-0.2, 0) is 0 Å². The molecule has 1 amide bonds. The Kier molecular flexibility index (Phi) is 4.82. The fraction of sp³-hybridized carbons (Fsp3) is 0.462. The van der Waals surface area contributed by atoms with Crippen LogP contribution in [0.3, 0.4) is 0 Å². The normalized spacial score (nSPS) is 10.2. The smallest absolute Gasteiger partial charge is 0.255 e. The molecule has 3 nitrogen and oxygen atoms in total. The van der Waals surface area contributed by atoms with E-state index in [4.69, 9.17) is 11.6 Å². The quantitative estimate of drug-likeness (QED) is 0.895. The monoisotopic (exact) mass is 254 g/mol. The fourth-order valence-electron chi connectivity index (χ4n) is 1.89. The first-order chi connectivity index (χ1) is 8.01. The van der Waals surface area contributed by atoms with Gasteiger partial charge in [0, 0.05) is 31.4 Å². The Labute approximate surface area is 108 Å². The van der Waals surface area contributed by atoms with E-state index in [1.807, 2.05) is 34.0 Å². The highest BCUT2D eigenvalue weighted by molar-refractivity contribution is 6.31. The zero-order chi connectivity index (χ0) is 13.0. The zero-order valence-electron chi connectivity index (χ0n) is 10.8. The summed E-state index contributed by atoms with van der Waals surface area (Å²) in [4.78, 5) is 14.0. The third kappa shape index (κ3) is 3.13. The lowest BCUT2D eigenvalue weighted by molar-refractivity contribution is 0.0796. The van der Waals surface area contributed by atoms with Crippen LogP contribution in [0.5, 0.6) is 0 Å². The Balaban J connectivity index is 3.16. The van der Waals surface area contributed by atoms with Gasteiger partial charge >= 0.3 is 0 Å². The lowest BCUT2D eigenvalue weighted by Crippen LogP contribution is -2.28. The van der Waals surface area contributed by atoms with E-state index < -0.39 is 0 Å². The first-order valence-corrected chi connectivity index (χ1v) is 6.12. The molecule has 17 heavy (non-hydrogen) atoms. The van der Waals surface area contributed by atoms with Crippen LogP contribution >= 0.6 is 11.6 Å². The number of carbonyl (C=O) groups is 1. The van der Waals surface area contributed by atoms with Gasteiger partial charge in [-0.2, -0.15) is 0 Å². The summed E-state index contributed by atoms with van der Waals surface area (Å²) in [6.07, 6.45) is 0.941. The molecule has 0 bridgehead atoms. The van der Waals surface area contributed by atoms with Crippen LogP contribution in [0.25, 0.3) is 0 Å². The number of rotatable bonds is 4. The summed E-state index contributed by atoms with van der Waals surface area (Å²) in [6.45, 7) is 4.73. The van der Waals surface area contributed by atoms with Gasteiger partial charge in [-0.25, -0.2) is 0 Å². The molecule has 1 rings (SSSR count). The van der Waals surface area contributed by atoms with Gasteiger partial charge in [0.05, 0.1) is 5.56 Å². The van der Waals surface area contributed by atoms with E-state index in [0.717, 1.165) is 24.2 Å². The van der Waals surface area contributed by atoms with E-state index in [-0.39, 0.29) is 5.91 Å². The molecule has 94 valence electrons. The first-order valence-electron chi connectivity index (χ1n) is 5.74. The Hall–Kier alpha value is -1.22. The molecule has 0 spiro atoms. The molecule has 1 N–H and O–H groups in total. The summed E-state index contributed by atoms with van der Waals surface area (Å²) < 4.78 is 0. The van der Waals surface area contributed by atoms with Crippen LogP contribution in [0.1, 0.15) is 29.3 Å². The molecule has 0 aliphatic rings. The maximum absolute atomic E-state index is 12.2. The van der Waals surface area contributed by atoms with E-state index in [1.54, 1.807) is 11.0 Å². The molecule has 0 aromatic heterocycles. The lowest BCUT2D eigenvalue weighted by Gasteiger charge is -2.19. The molecule has 1 aromatic rings. The molecular formula is C13H19ClN2O. The second kappa shape index (κ2) is 5.92. The van der Waals surface area contributed by atoms with Crippen molar-refractivity contribution in [2.75, 3.05) is 26.0 Å². The molecule has 0 fully saturated rings. The number of hydrogen-bond acceptors (Lipinski definition) is 2. The van der Waals surface area contributed by atoms with Gasteiger partial charge < -0.3 is 10.2 Å². The summed E-state index contributed by atoms with van der Waals surface area (Å²) in [7, 11) is 3.62. The minimum absolute atomic E-state index is 0.00167. The summed E-state index contributed by atoms with van der Waals surface area (Å²) in [5, 5.41) is 3.66. The molecular weight excluding hydrogens is 236 g/mol. The minimum Gasteiger partial charge on any atom is -0.387 e. The first kappa shape index (κ1) is 13.8. The van der Waals surface area contributed by atoms with Crippen molar-refractivity contribution in [1.82, 2.24) is 4.90 Å². The number of amides is 1. The molecule has 0 aliphatic carbocycles. The number of halogens is 1. The van der Waals surface area contributed by atoms with Crippen molar-refractivity contribution < 1.29 is 4.79 Å². The second-order valence-corrected chi connectivity index (χ2v) is 4.56. The van der Waals surface area contributed by atoms with Crippen molar-refractivity contribution in [3.8, 4) is 0 Å². The van der Waals surface area contributed by atoms with Gasteiger partial charge in [-0.05, 0) is 31.0 Å². The molecule has 0 saturated carbocycles. The summed E-state index contributed by atoms with van der Waals surface area (Å²) in [5.74, 6) is 0.00167. The van der Waals surface area contributed by atoms with Crippen LogP contribution < -0.4 is 5.32 Å². The molecule has 0 saturated heterocycles. The van der Waals surface area contributed by atoms with Crippen molar-refractivity contribution in [2.45, 2.75) is 20.3 Å². The second-order valence-electron chi connectivity index (χ2n) is 4.12. The molecule has 1 aromatic carbocycles. The molecule has 0 unspecified atom stereocenters. The number of nitrogens with one attached hydrogen (secondary N) is 1. The van der Waals surface area contributed by atoms with Crippen molar-refractivity contribution in [2.24, 2.45) is 0 Å². The maximum atomic E-state index is 12.2. The third-order valence-electron chi connectivity index (χ3n) is 2.69. The molecule has 0 radical (unpaired) electrons. The third-order valence-corrected chi connectivity index (χ3v) is 2.90. The van der Waals surface area contributed by atoms with Crippen LogP contribution in [0.15, 0.2) is 12.1 Å². The minimum atomic E-state index is 0.00167. The van der Waals surface area contributed by atoms with Crippen molar-refractivity contribution in [1.29, 1.82) is 0 Å². The average molecular weight is 255 g/mol. The predicted octanol–water partition coefficient (Wildman–Crippen LogP) is 3.17. The Bertz CT molecular complexity index is 418. The van der Waals surface area contributed by atoms with Gasteiger partial charge in [0.2, 0.25) is 0 Å². The summed E-state index contributed by atoms with van der Waals surface area (Å²) in [5.41, 5.74) is 2.46. The summed E-state index contributed by atoms with van der Waals surface area (Å²) >= 11 is 6.01. The van der Waals surface area contributed by atoms with Crippen molar-refractivity contribution in [3.63, 3.8) is 0 Å². The van der Waals surface area contributed by atoms with Gasteiger partial charge in [0.1, 0.15) is 0 Å². The Morgan fingerprint density at radius 3 is 2.65 bits per heavy atom. The number of nitrogens with zero attached hydrogens (tertiary/aromatic N) is 1. The largest absolute Gasteiger partial charge is 0.387 e. The topological polar surface area (TPSA) is 32.3 Å². The van der Waals surface area contributed by atoms with Crippen molar-refractivity contribution in [3.05, 3.63) is 28.3 Å². The highest BCUT2D eigenvalue weighted by Gasteiger charge is 2.17. The molecule has 0 heterocycles. The van der Waals surface area contributed by atoms with Gasteiger partial charge in [0.25, 0.3) is 5.91 Å². The van der Waals surface area contributed by atoms with E-state index >= 15 is 0 Å². The number of anilines is 1. The number of carbonyl (C=O) groups excluding carboxylic acids is 1. The number of hydrogen-bond donors (Lipinski definition) is 1.